The molecule has 2 rings (SSSR count). The van der Waals surface area contributed by atoms with Crippen molar-refractivity contribution >= 4 is 37.5 Å². The molecule has 0 unspecified atom stereocenters. The van der Waals surface area contributed by atoms with E-state index in [9.17, 15) is 12.8 Å². The van der Waals surface area contributed by atoms with Gasteiger partial charge in [0, 0.05) is 5.69 Å². The minimum Gasteiger partial charge on any atom is -0.399 e. The van der Waals surface area contributed by atoms with Crippen molar-refractivity contribution in [3.05, 3.63) is 41.0 Å². The van der Waals surface area contributed by atoms with E-state index in [-0.39, 0.29) is 16.4 Å². The van der Waals surface area contributed by atoms with Gasteiger partial charge in [0.1, 0.15) is 10.4 Å². The van der Waals surface area contributed by atoms with E-state index in [1.807, 2.05) is 0 Å². The Morgan fingerprint density at radius 2 is 1.95 bits per heavy atom. The monoisotopic (exact) mass is 346 g/mol. The van der Waals surface area contributed by atoms with Crippen molar-refractivity contribution in [2.45, 2.75) is 4.90 Å². The molecular formula is C10H8BrFN4O2S. The predicted molar refractivity (Wildman–Crippen MR) is 71.4 cm³/mol. The Kier molecular flexibility index (Phi) is 3.67. The van der Waals surface area contributed by atoms with Crippen LogP contribution >= 0.6 is 15.9 Å². The second-order valence-corrected chi connectivity index (χ2v) is 6.05. The molecule has 100 valence electrons. The van der Waals surface area contributed by atoms with Crippen molar-refractivity contribution < 1.29 is 12.8 Å². The van der Waals surface area contributed by atoms with E-state index >= 15 is 0 Å². The molecule has 0 saturated heterocycles. The molecule has 1 aromatic carbocycles. The first-order chi connectivity index (χ1) is 8.87. The number of nitrogens with one attached hydrogen (secondary N) is 1. The van der Waals surface area contributed by atoms with Gasteiger partial charge in [-0.1, -0.05) is 0 Å². The molecular weight excluding hydrogens is 339 g/mol. The molecule has 0 fully saturated rings. The molecule has 0 radical (unpaired) electrons. The normalized spacial score (nSPS) is 11.3. The van der Waals surface area contributed by atoms with Gasteiger partial charge in [0.15, 0.2) is 5.82 Å². The van der Waals surface area contributed by atoms with Crippen LogP contribution in [-0.4, -0.2) is 18.4 Å². The van der Waals surface area contributed by atoms with Crippen LogP contribution in [0, 0.1) is 5.82 Å². The molecule has 9 heteroatoms. The number of nitrogen functional groups attached to an aromatic ring is 1. The second-order valence-electron chi connectivity index (χ2n) is 3.55. The zero-order valence-electron chi connectivity index (χ0n) is 9.34. The second kappa shape index (κ2) is 5.10. The Hall–Kier alpha value is -1.74. The first-order valence-electron chi connectivity index (χ1n) is 4.93. The summed E-state index contributed by atoms with van der Waals surface area (Å²) in [5.74, 6) is -0.715. The van der Waals surface area contributed by atoms with E-state index in [0.29, 0.717) is 4.60 Å². The third kappa shape index (κ3) is 3.38. The molecule has 0 amide bonds. The minimum atomic E-state index is -3.96. The van der Waals surface area contributed by atoms with Gasteiger partial charge in [-0.25, -0.2) is 22.8 Å². The van der Waals surface area contributed by atoms with Crippen LogP contribution in [0.5, 0.6) is 0 Å². The Balaban J connectivity index is 2.34. The van der Waals surface area contributed by atoms with E-state index in [0.717, 1.165) is 18.2 Å². The molecule has 1 heterocycles. The van der Waals surface area contributed by atoms with Crippen LogP contribution in [0.3, 0.4) is 0 Å². The summed E-state index contributed by atoms with van der Waals surface area (Å²) >= 11 is 3.07. The average molecular weight is 347 g/mol. The maximum Gasteiger partial charge on any atom is 0.263 e. The van der Waals surface area contributed by atoms with Gasteiger partial charge in [-0.05, 0) is 34.1 Å². The van der Waals surface area contributed by atoms with Crippen LogP contribution in [0.4, 0.5) is 15.9 Å². The number of halogens is 2. The van der Waals surface area contributed by atoms with E-state index in [1.54, 1.807) is 0 Å². The minimum absolute atomic E-state index is 0.0160. The molecule has 0 saturated carbocycles. The quantitative estimate of drug-likeness (QED) is 0.825. The molecule has 0 aliphatic heterocycles. The summed E-state index contributed by atoms with van der Waals surface area (Å²) in [5, 5.41) is 0. The molecule has 1 aromatic heterocycles. The van der Waals surface area contributed by atoms with E-state index < -0.39 is 15.8 Å². The lowest BCUT2D eigenvalue weighted by Gasteiger charge is -2.07. The first kappa shape index (κ1) is 13.7. The van der Waals surface area contributed by atoms with Crippen LogP contribution in [-0.2, 0) is 10.0 Å². The van der Waals surface area contributed by atoms with Crippen molar-refractivity contribution in [3.63, 3.8) is 0 Å². The molecule has 6 nitrogen and oxygen atoms in total. The topological polar surface area (TPSA) is 98.0 Å². The van der Waals surface area contributed by atoms with Gasteiger partial charge in [0.2, 0.25) is 0 Å². The van der Waals surface area contributed by atoms with E-state index in [4.69, 9.17) is 5.73 Å². The molecule has 0 bridgehead atoms. The maximum absolute atomic E-state index is 13.1. The van der Waals surface area contributed by atoms with E-state index in [2.05, 4.69) is 30.6 Å². The molecule has 2 aromatic rings. The van der Waals surface area contributed by atoms with Gasteiger partial charge < -0.3 is 5.73 Å². The Morgan fingerprint density at radius 3 is 2.53 bits per heavy atom. The molecule has 3 N–H and O–H groups in total. The van der Waals surface area contributed by atoms with Crippen LogP contribution in [0.15, 0.2) is 40.1 Å². The summed E-state index contributed by atoms with van der Waals surface area (Å²) in [6, 6.07) is 3.04. The summed E-state index contributed by atoms with van der Waals surface area (Å²) in [4.78, 5) is 7.35. The van der Waals surface area contributed by atoms with Crippen molar-refractivity contribution in [2.24, 2.45) is 0 Å². The summed E-state index contributed by atoms with van der Waals surface area (Å²) in [6.45, 7) is 0. The highest BCUT2D eigenvalue weighted by atomic mass is 79.9. The molecule has 0 spiro atoms. The van der Waals surface area contributed by atoms with Crippen molar-refractivity contribution in [2.75, 3.05) is 10.5 Å². The lowest BCUT2D eigenvalue weighted by molar-refractivity contribution is 0.595. The molecule has 19 heavy (non-hydrogen) atoms. The smallest absolute Gasteiger partial charge is 0.263 e. The SMILES string of the molecule is Nc1cc(F)cc(S(=O)(=O)Nc2cnc(Br)cn2)c1. The fraction of sp³-hybridized carbons (Fsp3) is 0. The zero-order valence-corrected chi connectivity index (χ0v) is 11.7. The third-order valence-electron chi connectivity index (χ3n) is 2.06. The number of nitrogens with two attached hydrogens (primary N) is 1. The number of rotatable bonds is 3. The molecule has 0 atom stereocenters. The van der Waals surface area contributed by atoms with Crippen molar-refractivity contribution in [1.82, 2.24) is 9.97 Å². The number of benzene rings is 1. The molecule has 0 aliphatic rings. The highest BCUT2D eigenvalue weighted by Crippen LogP contribution is 2.18. The van der Waals surface area contributed by atoms with Crippen LogP contribution in [0.2, 0.25) is 0 Å². The number of hydrogen-bond acceptors (Lipinski definition) is 5. The summed E-state index contributed by atoms with van der Waals surface area (Å²) in [5.41, 5.74) is 5.42. The largest absolute Gasteiger partial charge is 0.399 e. The third-order valence-corrected chi connectivity index (χ3v) is 3.81. The highest BCUT2D eigenvalue weighted by Gasteiger charge is 2.16. The van der Waals surface area contributed by atoms with Gasteiger partial charge >= 0.3 is 0 Å². The zero-order chi connectivity index (χ0) is 14.0. The van der Waals surface area contributed by atoms with Gasteiger partial charge in [0.25, 0.3) is 10.0 Å². The van der Waals surface area contributed by atoms with Crippen LogP contribution in [0.25, 0.3) is 0 Å². The Morgan fingerprint density at radius 1 is 1.21 bits per heavy atom. The summed E-state index contributed by atoms with van der Waals surface area (Å²) in [6.07, 6.45) is 2.56. The van der Waals surface area contributed by atoms with Crippen molar-refractivity contribution in [3.8, 4) is 0 Å². The Bertz CT molecular complexity index is 686. The van der Waals surface area contributed by atoms with Gasteiger partial charge in [-0.3, -0.25) is 4.72 Å². The standard InChI is InChI=1S/C10H8BrFN4O2S/c11-9-4-15-10(5-14-9)16-19(17,18)8-2-6(12)1-7(13)3-8/h1-5H,13H2,(H,15,16). The van der Waals surface area contributed by atoms with Crippen molar-refractivity contribution in [1.29, 1.82) is 0 Å². The summed E-state index contributed by atoms with van der Waals surface area (Å²) < 4.78 is 39.7. The van der Waals surface area contributed by atoms with Gasteiger partial charge in [-0.2, -0.15) is 0 Å². The lowest BCUT2D eigenvalue weighted by Crippen LogP contribution is -2.14. The highest BCUT2D eigenvalue weighted by molar-refractivity contribution is 9.10. The van der Waals surface area contributed by atoms with Crippen LogP contribution in [0.1, 0.15) is 0 Å². The number of aromatic nitrogens is 2. The number of anilines is 2. The maximum atomic E-state index is 13.1. The van der Waals surface area contributed by atoms with Crippen LogP contribution < -0.4 is 10.5 Å². The Labute approximate surface area is 117 Å². The first-order valence-corrected chi connectivity index (χ1v) is 7.21. The summed E-state index contributed by atoms with van der Waals surface area (Å²) in [7, 11) is -3.96. The lowest BCUT2D eigenvalue weighted by atomic mass is 10.3. The number of nitrogens with zero attached hydrogens (tertiary/aromatic N) is 2. The van der Waals surface area contributed by atoms with Gasteiger partial charge in [-0.15, -0.1) is 0 Å². The number of sulfonamides is 1. The molecule has 0 aliphatic carbocycles. The fourth-order valence-electron chi connectivity index (χ4n) is 1.30. The average Bonchev–Trinajstić information content (AvgIpc) is 2.31. The van der Waals surface area contributed by atoms with Gasteiger partial charge in [0.05, 0.1) is 17.3 Å². The predicted octanol–water partition coefficient (Wildman–Crippen LogP) is 1.76. The van der Waals surface area contributed by atoms with E-state index in [1.165, 1.54) is 12.4 Å². The fourth-order valence-corrected chi connectivity index (χ4v) is 2.56. The number of hydrogen-bond donors (Lipinski definition) is 2.